The Labute approximate surface area is 98.4 Å². The molecule has 1 atom stereocenters. The van der Waals surface area contributed by atoms with E-state index in [1.54, 1.807) is 0 Å². The van der Waals surface area contributed by atoms with Crippen LogP contribution in [0.4, 0.5) is 5.82 Å². The first kappa shape index (κ1) is 11.4. The Morgan fingerprint density at radius 2 is 2.56 bits per heavy atom. The molecule has 88 valence electrons. The number of rotatable bonds is 3. The fourth-order valence-corrected chi connectivity index (χ4v) is 2.07. The van der Waals surface area contributed by atoms with Gasteiger partial charge in [-0.2, -0.15) is 0 Å². The van der Waals surface area contributed by atoms with Crippen molar-refractivity contribution in [1.82, 2.24) is 9.97 Å². The minimum atomic E-state index is -0.314. The average molecular weight is 244 g/mol. The number of aromatic amines is 1. The lowest BCUT2D eigenvalue weighted by Crippen LogP contribution is -2.30. The third-order valence-electron chi connectivity index (χ3n) is 2.64. The van der Waals surface area contributed by atoms with Gasteiger partial charge in [0.2, 0.25) is 0 Å². The zero-order valence-corrected chi connectivity index (χ0v) is 9.83. The molecule has 0 bridgehead atoms. The number of hydrogen-bond acceptors (Lipinski definition) is 4. The summed E-state index contributed by atoms with van der Waals surface area (Å²) in [4.78, 5) is 19.6. The average Bonchev–Trinajstić information content (AvgIpc) is 2.74. The maximum Gasteiger partial charge on any atom is 0.271 e. The molecule has 2 heterocycles. The van der Waals surface area contributed by atoms with Gasteiger partial charge in [-0.15, -0.1) is 0 Å². The van der Waals surface area contributed by atoms with Crippen LogP contribution >= 0.6 is 11.6 Å². The van der Waals surface area contributed by atoms with Crippen molar-refractivity contribution in [3.05, 3.63) is 21.7 Å². The van der Waals surface area contributed by atoms with Crippen LogP contribution in [0.1, 0.15) is 12.8 Å². The van der Waals surface area contributed by atoms with Crippen molar-refractivity contribution in [2.24, 2.45) is 0 Å². The molecule has 1 saturated heterocycles. The Morgan fingerprint density at radius 1 is 1.75 bits per heavy atom. The van der Waals surface area contributed by atoms with Crippen LogP contribution in [0.15, 0.2) is 11.1 Å². The fourth-order valence-electron chi connectivity index (χ4n) is 1.82. The van der Waals surface area contributed by atoms with E-state index in [4.69, 9.17) is 16.3 Å². The van der Waals surface area contributed by atoms with E-state index in [0.29, 0.717) is 12.4 Å². The van der Waals surface area contributed by atoms with Crippen LogP contribution in [-0.4, -0.2) is 36.3 Å². The van der Waals surface area contributed by atoms with Crippen LogP contribution in [0.5, 0.6) is 0 Å². The first-order valence-corrected chi connectivity index (χ1v) is 5.62. The predicted octanol–water partition coefficient (Wildman–Crippen LogP) is 1.04. The van der Waals surface area contributed by atoms with Crippen molar-refractivity contribution < 1.29 is 4.74 Å². The zero-order valence-electron chi connectivity index (χ0n) is 9.07. The van der Waals surface area contributed by atoms with Gasteiger partial charge in [-0.25, -0.2) is 4.98 Å². The quantitative estimate of drug-likeness (QED) is 0.862. The molecule has 5 nitrogen and oxygen atoms in total. The molecule has 0 radical (unpaired) electrons. The van der Waals surface area contributed by atoms with Gasteiger partial charge >= 0.3 is 0 Å². The molecule has 1 aromatic heterocycles. The molecule has 0 spiro atoms. The molecule has 1 aromatic rings. The Bertz CT molecular complexity index is 415. The molecular formula is C10H14ClN3O2. The lowest BCUT2D eigenvalue weighted by atomic mass is 10.2. The lowest BCUT2D eigenvalue weighted by molar-refractivity contribution is 0.116. The lowest BCUT2D eigenvalue weighted by Gasteiger charge is -2.21. The molecule has 1 fully saturated rings. The second-order valence-electron chi connectivity index (χ2n) is 3.88. The van der Waals surface area contributed by atoms with Crippen molar-refractivity contribution in [1.29, 1.82) is 0 Å². The molecule has 0 aromatic carbocycles. The van der Waals surface area contributed by atoms with Crippen LogP contribution in [0.25, 0.3) is 0 Å². The van der Waals surface area contributed by atoms with Crippen molar-refractivity contribution in [2.75, 3.05) is 25.1 Å². The molecule has 16 heavy (non-hydrogen) atoms. The van der Waals surface area contributed by atoms with Gasteiger partial charge in [-0.1, -0.05) is 11.6 Å². The zero-order chi connectivity index (χ0) is 11.5. The van der Waals surface area contributed by atoms with Gasteiger partial charge in [0, 0.05) is 20.2 Å². The molecule has 1 aliphatic rings. The Morgan fingerprint density at radius 3 is 3.25 bits per heavy atom. The second kappa shape index (κ2) is 4.84. The largest absolute Gasteiger partial charge is 0.376 e. The van der Waals surface area contributed by atoms with Crippen LogP contribution in [-0.2, 0) is 4.74 Å². The van der Waals surface area contributed by atoms with Gasteiger partial charge in [-0.05, 0) is 12.8 Å². The summed E-state index contributed by atoms with van der Waals surface area (Å²) >= 11 is 5.88. The summed E-state index contributed by atoms with van der Waals surface area (Å²) in [6, 6.07) is 0. The second-order valence-corrected chi connectivity index (χ2v) is 4.26. The third-order valence-corrected chi connectivity index (χ3v) is 2.98. The van der Waals surface area contributed by atoms with Crippen molar-refractivity contribution in [3.63, 3.8) is 0 Å². The van der Waals surface area contributed by atoms with Gasteiger partial charge < -0.3 is 14.6 Å². The number of H-pyrrole nitrogens is 1. The van der Waals surface area contributed by atoms with Crippen LogP contribution in [0, 0.1) is 0 Å². The van der Waals surface area contributed by atoms with E-state index in [9.17, 15) is 4.79 Å². The minimum Gasteiger partial charge on any atom is -0.376 e. The van der Waals surface area contributed by atoms with Crippen LogP contribution in [0.2, 0.25) is 5.02 Å². The van der Waals surface area contributed by atoms with Gasteiger partial charge in [0.25, 0.3) is 5.56 Å². The van der Waals surface area contributed by atoms with Crippen LogP contribution in [0.3, 0.4) is 0 Å². The number of anilines is 1. The summed E-state index contributed by atoms with van der Waals surface area (Å²) in [5, 5.41) is 0.128. The van der Waals surface area contributed by atoms with Crippen molar-refractivity contribution in [2.45, 2.75) is 18.9 Å². The fraction of sp³-hybridized carbons (Fsp3) is 0.600. The van der Waals surface area contributed by atoms with E-state index < -0.39 is 0 Å². The summed E-state index contributed by atoms with van der Waals surface area (Å²) in [5.41, 5.74) is -0.314. The number of hydrogen-bond donors (Lipinski definition) is 1. The molecule has 6 heteroatoms. The number of ether oxygens (including phenoxy) is 1. The standard InChI is InChI=1S/C10H14ClN3O2/c1-14(5-7-3-2-4-16-7)9-8(11)10(15)13-6-12-9/h6-7H,2-5H2,1H3,(H,12,13,15). The van der Waals surface area contributed by atoms with Gasteiger partial charge in [-0.3, -0.25) is 4.79 Å². The molecule has 2 rings (SSSR count). The molecule has 1 aliphatic heterocycles. The molecule has 1 unspecified atom stereocenters. The first-order valence-electron chi connectivity index (χ1n) is 5.24. The van der Waals surface area contributed by atoms with E-state index in [1.165, 1.54) is 6.33 Å². The summed E-state index contributed by atoms with van der Waals surface area (Å²) in [7, 11) is 1.86. The maximum atomic E-state index is 11.3. The van der Waals surface area contributed by atoms with E-state index in [2.05, 4.69) is 9.97 Å². The van der Waals surface area contributed by atoms with Gasteiger partial charge in [0.15, 0.2) is 5.82 Å². The highest BCUT2D eigenvalue weighted by atomic mass is 35.5. The molecule has 1 N–H and O–H groups in total. The van der Waals surface area contributed by atoms with E-state index >= 15 is 0 Å². The van der Waals surface area contributed by atoms with Crippen molar-refractivity contribution >= 4 is 17.4 Å². The Hall–Kier alpha value is -1.07. The van der Waals surface area contributed by atoms with E-state index in [-0.39, 0.29) is 16.7 Å². The summed E-state index contributed by atoms with van der Waals surface area (Å²) in [6.45, 7) is 1.52. The molecular weight excluding hydrogens is 230 g/mol. The summed E-state index contributed by atoms with van der Waals surface area (Å²) in [5.74, 6) is 0.501. The monoisotopic (exact) mass is 243 g/mol. The normalized spacial score (nSPS) is 20.0. The Kier molecular flexibility index (Phi) is 3.46. The number of halogens is 1. The smallest absolute Gasteiger partial charge is 0.271 e. The highest BCUT2D eigenvalue weighted by Gasteiger charge is 2.19. The predicted molar refractivity (Wildman–Crippen MR) is 62.1 cm³/mol. The van der Waals surface area contributed by atoms with Gasteiger partial charge in [0.1, 0.15) is 5.02 Å². The molecule has 0 saturated carbocycles. The number of aromatic nitrogens is 2. The van der Waals surface area contributed by atoms with E-state index in [1.807, 2.05) is 11.9 Å². The van der Waals surface area contributed by atoms with Crippen LogP contribution < -0.4 is 10.5 Å². The minimum absolute atomic E-state index is 0.128. The molecule has 0 aliphatic carbocycles. The van der Waals surface area contributed by atoms with E-state index in [0.717, 1.165) is 19.4 Å². The summed E-state index contributed by atoms with van der Waals surface area (Å²) in [6.07, 6.45) is 3.71. The maximum absolute atomic E-state index is 11.3. The van der Waals surface area contributed by atoms with Crippen molar-refractivity contribution in [3.8, 4) is 0 Å². The topological polar surface area (TPSA) is 58.2 Å². The first-order chi connectivity index (χ1) is 7.68. The number of likely N-dealkylation sites (N-methyl/N-ethyl adjacent to an activating group) is 1. The SMILES string of the molecule is CN(CC1CCCO1)c1nc[nH]c(=O)c1Cl. The number of nitrogens with one attached hydrogen (secondary N) is 1. The summed E-state index contributed by atoms with van der Waals surface area (Å²) < 4.78 is 5.52. The molecule has 0 amide bonds. The highest BCUT2D eigenvalue weighted by molar-refractivity contribution is 6.32. The highest BCUT2D eigenvalue weighted by Crippen LogP contribution is 2.20. The van der Waals surface area contributed by atoms with Gasteiger partial charge in [0.05, 0.1) is 12.4 Å². The Balaban J connectivity index is 2.10. The third kappa shape index (κ3) is 2.36. The number of nitrogens with zero attached hydrogens (tertiary/aromatic N) is 2.